The van der Waals surface area contributed by atoms with E-state index in [-0.39, 0.29) is 21.8 Å². The maximum atomic E-state index is 11.9. The maximum absolute atomic E-state index is 11.9. The molecule has 1 aromatic rings. The number of hydrogen-bond acceptors (Lipinski definition) is 4. The predicted molar refractivity (Wildman–Crippen MR) is 72.3 cm³/mol. The SMILES string of the molecule is CC(C)(C)CCNC(=O)c1cc(Cl)ncc1[N+](=O)[O-]. The molecule has 1 N–H and O–H groups in total. The minimum absolute atomic E-state index is 0.0478. The van der Waals surface area contributed by atoms with E-state index in [4.69, 9.17) is 11.6 Å². The summed E-state index contributed by atoms with van der Waals surface area (Å²) in [4.78, 5) is 25.7. The first-order valence-electron chi connectivity index (χ1n) is 5.79. The molecule has 7 heteroatoms. The highest BCUT2D eigenvalue weighted by Gasteiger charge is 2.21. The van der Waals surface area contributed by atoms with Crippen molar-refractivity contribution in [2.45, 2.75) is 27.2 Å². The second-order valence-corrected chi connectivity index (χ2v) is 5.74. The van der Waals surface area contributed by atoms with Crippen LogP contribution in [0.2, 0.25) is 5.15 Å². The van der Waals surface area contributed by atoms with Gasteiger partial charge in [-0.15, -0.1) is 0 Å². The van der Waals surface area contributed by atoms with Gasteiger partial charge in [0.05, 0.1) is 4.92 Å². The average molecular weight is 286 g/mol. The highest BCUT2D eigenvalue weighted by atomic mass is 35.5. The van der Waals surface area contributed by atoms with Gasteiger partial charge in [0.1, 0.15) is 16.9 Å². The number of halogens is 1. The summed E-state index contributed by atoms with van der Waals surface area (Å²) in [6, 6.07) is 1.20. The fourth-order valence-electron chi connectivity index (χ4n) is 1.40. The van der Waals surface area contributed by atoms with Crippen molar-refractivity contribution in [1.29, 1.82) is 0 Å². The Labute approximate surface area is 116 Å². The lowest BCUT2D eigenvalue weighted by Gasteiger charge is -2.17. The molecule has 6 nitrogen and oxygen atoms in total. The molecule has 1 amide bonds. The number of nitro groups is 1. The Bertz CT molecular complexity index is 497. The van der Waals surface area contributed by atoms with Gasteiger partial charge in [0.15, 0.2) is 0 Å². The normalized spacial score (nSPS) is 11.2. The molecule has 0 fully saturated rings. The second-order valence-electron chi connectivity index (χ2n) is 5.35. The van der Waals surface area contributed by atoms with Crippen LogP contribution in [0.15, 0.2) is 12.3 Å². The molecule has 0 radical (unpaired) electrons. The van der Waals surface area contributed by atoms with Crippen molar-refractivity contribution in [3.8, 4) is 0 Å². The van der Waals surface area contributed by atoms with Gasteiger partial charge in [-0.1, -0.05) is 32.4 Å². The molecule has 1 rings (SSSR count). The van der Waals surface area contributed by atoms with E-state index in [0.29, 0.717) is 6.54 Å². The monoisotopic (exact) mass is 285 g/mol. The van der Waals surface area contributed by atoms with Crippen molar-refractivity contribution >= 4 is 23.2 Å². The van der Waals surface area contributed by atoms with Gasteiger partial charge in [0, 0.05) is 6.54 Å². The standard InChI is InChI=1S/C12H16ClN3O3/c1-12(2,3)4-5-14-11(17)8-6-10(13)15-7-9(8)16(18)19/h6-7H,4-5H2,1-3H3,(H,14,17). The zero-order valence-corrected chi connectivity index (χ0v) is 11.8. The van der Waals surface area contributed by atoms with E-state index >= 15 is 0 Å². The molecule has 104 valence electrons. The van der Waals surface area contributed by atoms with E-state index in [1.54, 1.807) is 0 Å². The summed E-state index contributed by atoms with van der Waals surface area (Å²) in [7, 11) is 0. The van der Waals surface area contributed by atoms with Crippen LogP contribution in [0, 0.1) is 15.5 Å². The third-order valence-corrected chi connectivity index (χ3v) is 2.66. The van der Waals surface area contributed by atoms with E-state index < -0.39 is 10.8 Å². The Hall–Kier alpha value is -1.69. The largest absolute Gasteiger partial charge is 0.352 e. The van der Waals surface area contributed by atoms with Crippen LogP contribution in [0.25, 0.3) is 0 Å². The Morgan fingerprint density at radius 3 is 2.68 bits per heavy atom. The summed E-state index contributed by atoms with van der Waals surface area (Å²) in [6.45, 7) is 6.58. The first-order valence-corrected chi connectivity index (χ1v) is 6.16. The number of amides is 1. The molecule has 0 saturated carbocycles. The van der Waals surface area contributed by atoms with E-state index in [2.05, 4.69) is 10.3 Å². The fourth-order valence-corrected chi connectivity index (χ4v) is 1.55. The summed E-state index contributed by atoms with van der Waals surface area (Å²) in [5, 5.41) is 13.5. The van der Waals surface area contributed by atoms with Gasteiger partial charge in [-0.2, -0.15) is 0 Å². The van der Waals surface area contributed by atoms with Crippen LogP contribution >= 0.6 is 11.6 Å². The Morgan fingerprint density at radius 1 is 1.53 bits per heavy atom. The molecule has 0 saturated heterocycles. The van der Waals surface area contributed by atoms with Gasteiger partial charge < -0.3 is 5.32 Å². The zero-order chi connectivity index (χ0) is 14.6. The lowest BCUT2D eigenvalue weighted by molar-refractivity contribution is -0.385. The summed E-state index contributed by atoms with van der Waals surface area (Å²) in [6.07, 6.45) is 1.76. The van der Waals surface area contributed by atoms with Crippen molar-refractivity contribution < 1.29 is 9.72 Å². The van der Waals surface area contributed by atoms with Crippen molar-refractivity contribution in [2.24, 2.45) is 5.41 Å². The molecule has 0 atom stereocenters. The van der Waals surface area contributed by atoms with Crippen LogP contribution in [0.1, 0.15) is 37.6 Å². The quantitative estimate of drug-likeness (QED) is 0.523. The van der Waals surface area contributed by atoms with Crippen molar-refractivity contribution in [1.82, 2.24) is 10.3 Å². The summed E-state index contributed by atoms with van der Waals surface area (Å²) in [5.41, 5.74) is -0.341. The fraction of sp³-hybridized carbons (Fsp3) is 0.500. The van der Waals surface area contributed by atoms with Crippen LogP contribution < -0.4 is 5.32 Å². The van der Waals surface area contributed by atoms with E-state index in [1.165, 1.54) is 6.07 Å². The van der Waals surface area contributed by atoms with Gasteiger partial charge in [-0.3, -0.25) is 14.9 Å². The van der Waals surface area contributed by atoms with E-state index in [1.807, 2.05) is 20.8 Å². The van der Waals surface area contributed by atoms with Crippen LogP contribution in [0.4, 0.5) is 5.69 Å². The van der Waals surface area contributed by atoms with Crippen LogP contribution in [-0.4, -0.2) is 22.4 Å². The van der Waals surface area contributed by atoms with Crippen molar-refractivity contribution in [3.05, 3.63) is 33.1 Å². The molecule has 0 aliphatic rings. The second kappa shape index (κ2) is 5.97. The van der Waals surface area contributed by atoms with Crippen molar-refractivity contribution in [3.63, 3.8) is 0 Å². The average Bonchev–Trinajstić information content (AvgIpc) is 2.26. The lowest BCUT2D eigenvalue weighted by Crippen LogP contribution is -2.27. The summed E-state index contributed by atoms with van der Waals surface area (Å²) < 4.78 is 0. The number of pyridine rings is 1. The summed E-state index contributed by atoms with van der Waals surface area (Å²) in [5.74, 6) is -0.514. The summed E-state index contributed by atoms with van der Waals surface area (Å²) >= 11 is 5.66. The van der Waals surface area contributed by atoms with Gasteiger partial charge in [-0.25, -0.2) is 4.98 Å². The molecule has 1 aromatic heterocycles. The number of aromatic nitrogens is 1. The molecular weight excluding hydrogens is 270 g/mol. The minimum Gasteiger partial charge on any atom is -0.352 e. The highest BCUT2D eigenvalue weighted by molar-refractivity contribution is 6.29. The predicted octanol–water partition coefficient (Wildman–Crippen LogP) is 2.81. The van der Waals surface area contributed by atoms with Crippen LogP contribution in [0.3, 0.4) is 0 Å². The minimum atomic E-state index is -0.651. The molecule has 0 unspecified atom stereocenters. The van der Waals surface area contributed by atoms with Crippen LogP contribution in [-0.2, 0) is 0 Å². The topological polar surface area (TPSA) is 85.1 Å². The highest BCUT2D eigenvalue weighted by Crippen LogP contribution is 2.21. The lowest BCUT2D eigenvalue weighted by atomic mass is 9.92. The van der Waals surface area contributed by atoms with Gasteiger partial charge in [0.2, 0.25) is 0 Å². The smallest absolute Gasteiger partial charge is 0.300 e. The maximum Gasteiger partial charge on any atom is 0.300 e. The molecule has 0 bridgehead atoms. The molecule has 1 heterocycles. The van der Waals surface area contributed by atoms with Gasteiger partial charge >= 0.3 is 0 Å². The Balaban J connectivity index is 2.81. The number of nitrogens with zero attached hydrogens (tertiary/aromatic N) is 2. The zero-order valence-electron chi connectivity index (χ0n) is 11.1. The van der Waals surface area contributed by atoms with Gasteiger partial charge in [0.25, 0.3) is 11.6 Å². The number of rotatable bonds is 4. The van der Waals surface area contributed by atoms with E-state index in [9.17, 15) is 14.9 Å². The Morgan fingerprint density at radius 2 is 2.16 bits per heavy atom. The Kier molecular flexibility index (Phi) is 4.83. The molecule has 19 heavy (non-hydrogen) atoms. The molecule has 0 spiro atoms. The third-order valence-electron chi connectivity index (χ3n) is 2.45. The number of carbonyl (C=O) groups is 1. The van der Waals surface area contributed by atoms with Crippen molar-refractivity contribution in [2.75, 3.05) is 6.54 Å². The van der Waals surface area contributed by atoms with E-state index in [0.717, 1.165) is 12.6 Å². The first kappa shape index (κ1) is 15.4. The first-order chi connectivity index (χ1) is 8.70. The van der Waals surface area contributed by atoms with Crippen LogP contribution in [0.5, 0.6) is 0 Å². The third kappa shape index (κ3) is 4.82. The molecular formula is C12H16ClN3O3. The van der Waals surface area contributed by atoms with Gasteiger partial charge in [-0.05, 0) is 17.9 Å². The molecule has 0 aliphatic carbocycles. The number of nitrogens with one attached hydrogen (secondary N) is 1. The number of carbonyl (C=O) groups excluding carboxylic acids is 1. The molecule has 0 aromatic carbocycles. The molecule has 0 aliphatic heterocycles. The number of hydrogen-bond donors (Lipinski definition) is 1.